The molecule has 2 atom stereocenters. The molecule has 1 aliphatic carbocycles. The van der Waals surface area contributed by atoms with E-state index in [0.29, 0.717) is 44.5 Å². The zero-order valence-electron chi connectivity index (χ0n) is 31.0. The van der Waals surface area contributed by atoms with Crippen LogP contribution in [0.15, 0.2) is 91.1 Å². The van der Waals surface area contributed by atoms with Crippen LogP contribution in [0.4, 0.5) is 0 Å². The number of nitrogens with zero attached hydrogens (tertiary/aromatic N) is 4. The molecule has 2 heterocycles. The van der Waals surface area contributed by atoms with E-state index in [0.717, 1.165) is 30.8 Å². The number of rotatable bonds is 14. The molecule has 1 aromatic heterocycles. The number of hydrogen-bond donors (Lipinski definition) is 3. The van der Waals surface area contributed by atoms with Crippen LogP contribution in [0.3, 0.4) is 0 Å². The third-order valence-corrected chi connectivity index (χ3v) is 10.3. The van der Waals surface area contributed by atoms with Crippen LogP contribution in [0.1, 0.15) is 71.5 Å². The summed E-state index contributed by atoms with van der Waals surface area (Å²) < 4.78 is 1.66. The van der Waals surface area contributed by atoms with Crippen molar-refractivity contribution in [3.8, 4) is 0 Å². The van der Waals surface area contributed by atoms with Gasteiger partial charge in [-0.1, -0.05) is 85.8 Å². The Morgan fingerprint density at radius 2 is 1.42 bits per heavy atom. The summed E-state index contributed by atoms with van der Waals surface area (Å²) in [6, 6.07) is 26.5. The van der Waals surface area contributed by atoms with Gasteiger partial charge >= 0.3 is 0 Å². The fourth-order valence-corrected chi connectivity index (χ4v) is 7.36. The van der Waals surface area contributed by atoms with E-state index >= 15 is 0 Å². The summed E-state index contributed by atoms with van der Waals surface area (Å²) in [5.74, 6) is -0.890. The highest BCUT2D eigenvalue weighted by Crippen LogP contribution is 2.29. The summed E-state index contributed by atoms with van der Waals surface area (Å²) >= 11 is 0. The summed E-state index contributed by atoms with van der Waals surface area (Å²) in [6.07, 6.45) is 3.66. The topological polar surface area (TPSA) is 129 Å². The van der Waals surface area contributed by atoms with Crippen molar-refractivity contribution in [3.63, 3.8) is 0 Å². The standard InChI is InChI=1S/C42H51N7O4/c1-4-38(50)45-36(42(53)48-22-20-47(21-23-48)28-32-10-6-5-7-11-32)24-30-14-16-31(17-15-30)27-43-41(52)39(35-25-33-12-8-9-13-34(33)26-35)46-40(51)37-18-19-44-49(37)29(2)3/h5-19,29,35-36,39H,4,20-28H2,1-3H3,(H,43,52)(H,45,50)(H,46,51)/t36-,39+/m1/s1. The predicted octanol–water partition coefficient (Wildman–Crippen LogP) is 4.08. The number of nitrogens with one attached hydrogen (secondary N) is 3. The van der Waals surface area contributed by atoms with Crippen molar-refractivity contribution in [1.29, 1.82) is 0 Å². The van der Waals surface area contributed by atoms with Gasteiger partial charge in [0.05, 0.1) is 0 Å². The molecule has 3 N–H and O–H groups in total. The average Bonchev–Trinajstić information content (AvgIpc) is 3.85. The van der Waals surface area contributed by atoms with Gasteiger partial charge in [0.15, 0.2) is 0 Å². The Bertz CT molecular complexity index is 1840. The second-order valence-electron chi connectivity index (χ2n) is 14.4. The van der Waals surface area contributed by atoms with E-state index in [1.54, 1.807) is 23.9 Å². The molecule has 3 aromatic carbocycles. The highest BCUT2D eigenvalue weighted by atomic mass is 16.2. The van der Waals surface area contributed by atoms with Crippen molar-refractivity contribution in [2.24, 2.45) is 5.92 Å². The second-order valence-corrected chi connectivity index (χ2v) is 14.4. The third kappa shape index (κ3) is 9.58. The minimum absolute atomic E-state index is 0.00561. The SMILES string of the molecule is CCC(=O)N[C@H](Cc1ccc(CNC(=O)[C@@H](NC(=O)c2ccnn2C(C)C)C2Cc3ccccc3C2)cc1)C(=O)N1CCN(Cc2ccccc2)CC1. The number of benzene rings is 3. The maximum absolute atomic E-state index is 13.8. The zero-order valence-corrected chi connectivity index (χ0v) is 31.0. The first-order chi connectivity index (χ1) is 25.7. The van der Waals surface area contributed by atoms with Crippen molar-refractivity contribution in [1.82, 2.24) is 35.5 Å². The smallest absolute Gasteiger partial charge is 0.270 e. The second kappa shape index (κ2) is 17.5. The molecule has 11 nitrogen and oxygen atoms in total. The summed E-state index contributed by atoms with van der Waals surface area (Å²) in [4.78, 5) is 57.7. The van der Waals surface area contributed by atoms with E-state index < -0.39 is 12.1 Å². The number of aromatic nitrogens is 2. The number of piperazine rings is 1. The zero-order chi connectivity index (χ0) is 37.3. The molecule has 1 aliphatic heterocycles. The quantitative estimate of drug-likeness (QED) is 0.181. The van der Waals surface area contributed by atoms with Crippen LogP contribution in [-0.2, 0) is 46.7 Å². The van der Waals surface area contributed by atoms with Crippen molar-refractivity contribution in [2.45, 2.75) is 77.7 Å². The highest BCUT2D eigenvalue weighted by molar-refractivity contribution is 5.96. The lowest BCUT2D eigenvalue weighted by Crippen LogP contribution is -2.55. The molecule has 0 unspecified atom stereocenters. The van der Waals surface area contributed by atoms with Gasteiger partial charge in [-0.05, 0) is 66.5 Å². The fourth-order valence-electron chi connectivity index (χ4n) is 7.36. The fraction of sp³-hybridized carbons (Fsp3) is 0.405. The van der Waals surface area contributed by atoms with E-state index in [9.17, 15) is 19.2 Å². The third-order valence-electron chi connectivity index (χ3n) is 10.3. The van der Waals surface area contributed by atoms with Crippen LogP contribution in [0.5, 0.6) is 0 Å². The van der Waals surface area contributed by atoms with Crippen LogP contribution in [0, 0.1) is 5.92 Å². The summed E-state index contributed by atoms with van der Waals surface area (Å²) in [5, 5.41) is 13.4. The molecule has 1 saturated heterocycles. The van der Waals surface area contributed by atoms with E-state index in [1.165, 1.54) is 16.7 Å². The average molecular weight is 718 g/mol. The number of fused-ring (bicyclic) bond motifs is 1. The Morgan fingerprint density at radius 3 is 2.06 bits per heavy atom. The van der Waals surface area contributed by atoms with E-state index in [4.69, 9.17) is 0 Å². The monoisotopic (exact) mass is 717 g/mol. The summed E-state index contributed by atoms with van der Waals surface area (Å²) in [6.45, 7) is 9.59. The number of hydrogen-bond acceptors (Lipinski definition) is 6. The molecule has 0 spiro atoms. The Balaban J connectivity index is 1.07. The van der Waals surface area contributed by atoms with Gasteiger partial charge in [0.2, 0.25) is 17.7 Å². The maximum Gasteiger partial charge on any atom is 0.270 e. The molecular formula is C42H51N7O4. The molecule has 0 saturated carbocycles. The molecule has 2 aliphatic rings. The molecule has 4 amide bonds. The summed E-state index contributed by atoms with van der Waals surface area (Å²) in [5.41, 5.74) is 5.86. The lowest BCUT2D eigenvalue weighted by Gasteiger charge is -2.36. The largest absolute Gasteiger partial charge is 0.350 e. The molecule has 0 radical (unpaired) electrons. The molecule has 6 rings (SSSR count). The van der Waals surface area contributed by atoms with Gasteiger partial charge in [-0.3, -0.25) is 28.8 Å². The number of carbonyl (C=O) groups excluding carboxylic acids is 4. The Kier molecular flexibility index (Phi) is 12.4. The molecular weight excluding hydrogens is 667 g/mol. The first-order valence-electron chi connectivity index (χ1n) is 18.8. The van der Waals surface area contributed by atoms with Crippen LogP contribution in [0.2, 0.25) is 0 Å². The predicted molar refractivity (Wildman–Crippen MR) is 204 cm³/mol. The van der Waals surface area contributed by atoms with Crippen molar-refractivity contribution in [3.05, 3.63) is 125 Å². The van der Waals surface area contributed by atoms with Gasteiger partial charge in [-0.25, -0.2) is 0 Å². The molecule has 0 bridgehead atoms. The first-order valence-corrected chi connectivity index (χ1v) is 18.8. The minimum atomic E-state index is -0.737. The lowest BCUT2D eigenvalue weighted by molar-refractivity contribution is -0.138. The van der Waals surface area contributed by atoms with Gasteiger partial charge < -0.3 is 20.9 Å². The number of amides is 4. The Morgan fingerprint density at radius 1 is 0.774 bits per heavy atom. The van der Waals surface area contributed by atoms with Crippen LogP contribution < -0.4 is 16.0 Å². The molecule has 4 aromatic rings. The first kappa shape index (κ1) is 37.5. The van der Waals surface area contributed by atoms with Crippen LogP contribution >= 0.6 is 0 Å². The van der Waals surface area contributed by atoms with Crippen molar-refractivity contribution < 1.29 is 19.2 Å². The van der Waals surface area contributed by atoms with Crippen molar-refractivity contribution >= 4 is 23.6 Å². The summed E-state index contributed by atoms with van der Waals surface area (Å²) in [7, 11) is 0. The normalized spacial score (nSPS) is 15.8. The molecule has 11 heteroatoms. The molecule has 278 valence electrons. The van der Waals surface area contributed by atoms with Gasteiger partial charge in [0, 0.05) is 64.3 Å². The van der Waals surface area contributed by atoms with Crippen molar-refractivity contribution in [2.75, 3.05) is 26.2 Å². The van der Waals surface area contributed by atoms with Gasteiger partial charge in [0.25, 0.3) is 5.91 Å². The molecule has 53 heavy (non-hydrogen) atoms. The Hall–Kier alpha value is -5.29. The van der Waals surface area contributed by atoms with E-state index in [2.05, 4.69) is 50.2 Å². The van der Waals surface area contributed by atoms with Crippen LogP contribution in [-0.4, -0.2) is 81.5 Å². The highest BCUT2D eigenvalue weighted by Gasteiger charge is 2.35. The maximum atomic E-state index is 13.8. The van der Waals surface area contributed by atoms with Crippen LogP contribution in [0.25, 0.3) is 0 Å². The van der Waals surface area contributed by atoms with E-state index in [-0.39, 0.29) is 42.1 Å². The van der Waals surface area contributed by atoms with E-state index in [1.807, 2.05) is 73.3 Å². The lowest BCUT2D eigenvalue weighted by atomic mass is 9.95. The molecule has 1 fully saturated rings. The van der Waals surface area contributed by atoms with Gasteiger partial charge in [-0.2, -0.15) is 5.10 Å². The minimum Gasteiger partial charge on any atom is -0.350 e. The van der Waals surface area contributed by atoms with Gasteiger partial charge in [0.1, 0.15) is 17.8 Å². The Labute approximate surface area is 312 Å². The van der Waals surface area contributed by atoms with Gasteiger partial charge in [-0.15, -0.1) is 0 Å². The number of carbonyl (C=O) groups is 4.